The summed E-state index contributed by atoms with van der Waals surface area (Å²) in [6.07, 6.45) is -0.274. The van der Waals surface area contributed by atoms with Crippen LogP contribution in [0.2, 0.25) is 0 Å². The second-order valence-corrected chi connectivity index (χ2v) is 9.47. The van der Waals surface area contributed by atoms with Gasteiger partial charge in [-0.2, -0.15) is 60.5 Å². The molecule has 0 amide bonds. The monoisotopic (exact) mass is 392 g/mol. The minimum absolute atomic E-state index is 0.166. The molecular formula is C11H24N2OS6. The van der Waals surface area contributed by atoms with Crippen molar-refractivity contribution in [2.24, 2.45) is 5.73 Å². The first kappa shape index (κ1) is 21.5. The van der Waals surface area contributed by atoms with Crippen LogP contribution in [-0.4, -0.2) is 67.7 Å². The van der Waals surface area contributed by atoms with E-state index in [1.54, 1.807) is 23.5 Å². The summed E-state index contributed by atoms with van der Waals surface area (Å²) < 4.78 is 0. The van der Waals surface area contributed by atoms with E-state index in [-0.39, 0.29) is 11.3 Å². The summed E-state index contributed by atoms with van der Waals surface area (Å²) in [5.41, 5.74) is 5.39. The van der Waals surface area contributed by atoms with E-state index >= 15 is 0 Å². The Balaban J connectivity index is 3.89. The van der Waals surface area contributed by atoms with Crippen molar-refractivity contribution in [2.45, 2.75) is 11.4 Å². The molecule has 20 heavy (non-hydrogen) atoms. The van der Waals surface area contributed by atoms with Gasteiger partial charge in [0.05, 0.1) is 6.10 Å². The van der Waals surface area contributed by atoms with Crippen LogP contribution in [0.15, 0.2) is 0 Å². The fourth-order valence-electron chi connectivity index (χ4n) is 1.19. The molecule has 0 aromatic rings. The van der Waals surface area contributed by atoms with Gasteiger partial charge in [0.2, 0.25) is 0 Å². The van der Waals surface area contributed by atoms with E-state index in [1.807, 2.05) is 11.8 Å². The minimum atomic E-state index is -0.274. The smallest absolute Gasteiger partial charge is 0.151 e. The molecular weight excluding hydrogens is 369 g/mol. The minimum Gasteiger partial charge on any atom is -0.391 e. The second-order valence-electron chi connectivity index (χ2n) is 3.88. The van der Waals surface area contributed by atoms with Crippen LogP contribution in [0, 0.1) is 5.41 Å². The summed E-state index contributed by atoms with van der Waals surface area (Å²) in [4.78, 5) is 0. The third-order valence-corrected chi connectivity index (χ3v) is 8.01. The van der Waals surface area contributed by atoms with Crippen molar-refractivity contribution in [1.82, 2.24) is 0 Å². The summed E-state index contributed by atoms with van der Waals surface area (Å²) >= 11 is 15.1. The largest absolute Gasteiger partial charge is 0.391 e. The van der Waals surface area contributed by atoms with Crippen LogP contribution in [0.5, 0.6) is 0 Å². The third kappa shape index (κ3) is 14.5. The lowest BCUT2D eigenvalue weighted by Crippen LogP contribution is -2.20. The van der Waals surface area contributed by atoms with Gasteiger partial charge in [-0.25, -0.2) is 0 Å². The number of aliphatic hydroxyl groups is 1. The van der Waals surface area contributed by atoms with Crippen LogP contribution >= 0.6 is 72.3 Å². The van der Waals surface area contributed by atoms with Gasteiger partial charge in [0.15, 0.2) is 5.17 Å². The standard InChI is InChI=1S/C11H24N2OS6/c12-11(13)20-8-10(7-18-4-2-16)19-6-9(14)5-17-3-1-15/h9-10,14-16H,1-8H2,(H3,12,13). The van der Waals surface area contributed by atoms with Crippen LogP contribution in [0.1, 0.15) is 0 Å². The van der Waals surface area contributed by atoms with Gasteiger partial charge in [-0.05, 0) is 11.5 Å². The fraction of sp³-hybridized carbons (Fsp3) is 0.909. The molecule has 0 rings (SSSR count). The number of rotatable bonds is 13. The molecule has 0 aliphatic heterocycles. The van der Waals surface area contributed by atoms with Crippen LogP contribution in [-0.2, 0) is 0 Å². The summed E-state index contributed by atoms with van der Waals surface area (Å²) in [6, 6.07) is 0. The SMILES string of the molecule is N=C(N)SCC(CSCCS)SCC(O)CSCCS. The third-order valence-electron chi connectivity index (χ3n) is 2.03. The Morgan fingerprint density at radius 2 is 1.65 bits per heavy atom. The Morgan fingerprint density at radius 3 is 2.20 bits per heavy atom. The van der Waals surface area contributed by atoms with Gasteiger partial charge in [-0.3, -0.25) is 5.41 Å². The highest BCUT2D eigenvalue weighted by Crippen LogP contribution is 2.22. The highest BCUT2D eigenvalue weighted by molar-refractivity contribution is 8.14. The first-order chi connectivity index (χ1) is 9.60. The van der Waals surface area contributed by atoms with Gasteiger partial charge in [-0.15, -0.1) is 0 Å². The molecule has 0 bridgehead atoms. The van der Waals surface area contributed by atoms with Crippen LogP contribution < -0.4 is 5.73 Å². The molecule has 0 aliphatic carbocycles. The Labute approximate surface area is 150 Å². The fourth-order valence-corrected chi connectivity index (χ4v) is 5.98. The van der Waals surface area contributed by atoms with Crippen molar-refractivity contribution in [2.75, 3.05) is 46.0 Å². The van der Waals surface area contributed by atoms with Crippen molar-refractivity contribution >= 4 is 77.5 Å². The molecule has 3 nitrogen and oxygen atoms in total. The zero-order valence-electron chi connectivity index (χ0n) is 11.4. The summed E-state index contributed by atoms with van der Waals surface area (Å²) in [5.74, 6) is 7.09. The highest BCUT2D eigenvalue weighted by Gasteiger charge is 2.13. The molecule has 0 aromatic heterocycles. The molecule has 0 fully saturated rings. The maximum Gasteiger partial charge on any atom is 0.151 e. The van der Waals surface area contributed by atoms with Gasteiger partial charge in [-0.1, -0.05) is 11.8 Å². The maximum absolute atomic E-state index is 9.91. The van der Waals surface area contributed by atoms with Crippen LogP contribution in [0.4, 0.5) is 0 Å². The quantitative estimate of drug-likeness (QED) is 0.143. The van der Waals surface area contributed by atoms with E-state index in [9.17, 15) is 5.11 Å². The number of aliphatic hydroxyl groups excluding tert-OH is 1. The Bertz CT molecular complexity index is 247. The average Bonchev–Trinajstić information content (AvgIpc) is 2.41. The van der Waals surface area contributed by atoms with E-state index in [4.69, 9.17) is 11.1 Å². The van der Waals surface area contributed by atoms with Gasteiger partial charge < -0.3 is 10.8 Å². The number of amidine groups is 1. The molecule has 0 radical (unpaired) electrons. The van der Waals surface area contributed by atoms with Gasteiger partial charge in [0.1, 0.15) is 0 Å². The molecule has 2 atom stereocenters. The van der Waals surface area contributed by atoms with Crippen molar-refractivity contribution in [3.8, 4) is 0 Å². The van der Waals surface area contributed by atoms with Crippen molar-refractivity contribution in [3.05, 3.63) is 0 Å². The van der Waals surface area contributed by atoms with Crippen LogP contribution in [0.25, 0.3) is 0 Å². The predicted octanol–water partition coefficient (Wildman–Crippen LogP) is 2.40. The lowest BCUT2D eigenvalue weighted by Gasteiger charge is -2.17. The normalized spacial score (nSPS) is 14.2. The number of nitrogens with two attached hydrogens (primary N) is 1. The molecule has 120 valence electrons. The summed E-state index contributed by atoms with van der Waals surface area (Å²) in [7, 11) is 0. The van der Waals surface area contributed by atoms with E-state index in [0.717, 1.165) is 46.0 Å². The van der Waals surface area contributed by atoms with Gasteiger partial charge >= 0.3 is 0 Å². The molecule has 0 spiro atoms. The predicted molar refractivity (Wildman–Crippen MR) is 109 cm³/mol. The van der Waals surface area contributed by atoms with E-state index in [1.165, 1.54) is 11.8 Å². The van der Waals surface area contributed by atoms with E-state index < -0.39 is 0 Å². The van der Waals surface area contributed by atoms with Gasteiger partial charge in [0.25, 0.3) is 0 Å². The molecule has 0 saturated heterocycles. The molecule has 9 heteroatoms. The zero-order valence-corrected chi connectivity index (χ0v) is 16.4. The number of thiol groups is 2. The Kier molecular flexibility index (Phi) is 16.6. The van der Waals surface area contributed by atoms with Crippen molar-refractivity contribution in [1.29, 1.82) is 5.41 Å². The molecule has 4 N–H and O–H groups in total. The highest BCUT2D eigenvalue weighted by atomic mass is 32.2. The van der Waals surface area contributed by atoms with E-state index in [2.05, 4.69) is 25.3 Å². The number of hydrogen-bond donors (Lipinski definition) is 5. The summed E-state index contributed by atoms with van der Waals surface area (Å²) in [5, 5.41) is 17.8. The maximum atomic E-state index is 9.91. The average molecular weight is 393 g/mol. The van der Waals surface area contributed by atoms with E-state index in [0.29, 0.717) is 5.25 Å². The molecule has 0 heterocycles. The molecule has 2 unspecified atom stereocenters. The first-order valence-electron chi connectivity index (χ1n) is 6.23. The topological polar surface area (TPSA) is 70.1 Å². The number of thioether (sulfide) groups is 4. The lowest BCUT2D eigenvalue weighted by atomic mass is 10.5. The summed E-state index contributed by atoms with van der Waals surface area (Å²) in [6.45, 7) is 0. The van der Waals surface area contributed by atoms with Crippen molar-refractivity contribution < 1.29 is 5.11 Å². The zero-order chi connectivity index (χ0) is 15.2. The number of hydrogen-bond acceptors (Lipinski definition) is 8. The Morgan fingerprint density at radius 1 is 1.05 bits per heavy atom. The number of nitrogens with one attached hydrogen (secondary N) is 1. The van der Waals surface area contributed by atoms with Crippen LogP contribution in [0.3, 0.4) is 0 Å². The second kappa shape index (κ2) is 15.4. The van der Waals surface area contributed by atoms with Crippen molar-refractivity contribution in [3.63, 3.8) is 0 Å². The molecule has 0 aromatic carbocycles. The molecule has 0 saturated carbocycles. The Hall–Kier alpha value is 1.53. The first-order valence-corrected chi connectivity index (χ1v) is 11.8. The lowest BCUT2D eigenvalue weighted by molar-refractivity contribution is 0.225. The van der Waals surface area contributed by atoms with Gasteiger partial charge in [0, 0.05) is 39.8 Å². The molecule has 0 aliphatic rings.